The van der Waals surface area contributed by atoms with Crippen LogP contribution < -0.4 is 11.1 Å². The van der Waals surface area contributed by atoms with Gasteiger partial charge in [-0.1, -0.05) is 12.8 Å². The Labute approximate surface area is 97.3 Å². The molecule has 0 radical (unpaired) electrons. The van der Waals surface area contributed by atoms with E-state index < -0.39 is 0 Å². The summed E-state index contributed by atoms with van der Waals surface area (Å²) in [6, 6.07) is 0.387. The highest BCUT2D eigenvalue weighted by molar-refractivity contribution is 5.85. The standard InChI is InChI=1S/C10H20N2O2.ClH/c1-14-9(7-11)6-10(13)12-8-4-2-3-5-8;/h8-9H,2-7,11H2,1H3,(H,12,13);1H. The second-order valence-corrected chi connectivity index (χ2v) is 3.85. The molecule has 1 atom stereocenters. The van der Waals surface area contributed by atoms with Crippen LogP contribution in [0, 0.1) is 0 Å². The minimum absolute atomic E-state index is 0. The van der Waals surface area contributed by atoms with Gasteiger partial charge in [0, 0.05) is 19.7 Å². The summed E-state index contributed by atoms with van der Waals surface area (Å²) in [4.78, 5) is 11.5. The fraction of sp³-hybridized carbons (Fsp3) is 0.900. The Balaban J connectivity index is 0.00000196. The number of ether oxygens (including phenoxy) is 1. The lowest BCUT2D eigenvalue weighted by molar-refractivity contribution is -0.124. The molecule has 4 nitrogen and oxygen atoms in total. The molecular formula is C10H21ClN2O2. The Morgan fingerprint density at radius 3 is 2.60 bits per heavy atom. The molecule has 0 bridgehead atoms. The van der Waals surface area contributed by atoms with Gasteiger partial charge >= 0.3 is 0 Å². The molecule has 1 unspecified atom stereocenters. The first-order chi connectivity index (χ1) is 6.76. The SMILES string of the molecule is COC(CN)CC(=O)NC1CCCC1.Cl. The molecule has 1 rings (SSSR count). The monoisotopic (exact) mass is 236 g/mol. The van der Waals surface area contributed by atoms with Crippen LogP contribution in [-0.4, -0.2) is 31.7 Å². The maximum atomic E-state index is 11.5. The predicted octanol–water partition coefficient (Wildman–Crippen LogP) is 0.831. The smallest absolute Gasteiger partial charge is 0.222 e. The van der Waals surface area contributed by atoms with Crippen LogP contribution in [0.4, 0.5) is 0 Å². The van der Waals surface area contributed by atoms with Crippen LogP contribution in [0.15, 0.2) is 0 Å². The number of halogens is 1. The molecule has 0 spiro atoms. The van der Waals surface area contributed by atoms with Gasteiger partial charge in [0.25, 0.3) is 0 Å². The van der Waals surface area contributed by atoms with Crippen molar-refractivity contribution in [2.75, 3.05) is 13.7 Å². The van der Waals surface area contributed by atoms with Crippen molar-refractivity contribution in [2.45, 2.75) is 44.2 Å². The lowest BCUT2D eigenvalue weighted by Crippen LogP contribution is -2.37. The number of carbonyl (C=O) groups excluding carboxylic acids is 1. The van der Waals surface area contributed by atoms with Crippen LogP contribution in [0.25, 0.3) is 0 Å². The summed E-state index contributed by atoms with van der Waals surface area (Å²) in [5, 5.41) is 3.00. The van der Waals surface area contributed by atoms with Gasteiger partial charge in [-0.25, -0.2) is 0 Å². The van der Waals surface area contributed by atoms with Crippen LogP contribution in [0.3, 0.4) is 0 Å². The Morgan fingerprint density at radius 2 is 2.13 bits per heavy atom. The summed E-state index contributed by atoms with van der Waals surface area (Å²) in [6.07, 6.45) is 4.93. The van der Waals surface area contributed by atoms with E-state index in [1.54, 1.807) is 7.11 Å². The number of amides is 1. The second-order valence-electron chi connectivity index (χ2n) is 3.85. The van der Waals surface area contributed by atoms with Crippen molar-refractivity contribution in [1.82, 2.24) is 5.32 Å². The molecule has 0 aromatic carbocycles. The van der Waals surface area contributed by atoms with Crippen LogP contribution >= 0.6 is 12.4 Å². The van der Waals surface area contributed by atoms with Gasteiger partial charge in [0.05, 0.1) is 12.5 Å². The third kappa shape index (κ3) is 5.35. The summed E-state index contributed by atoms with van der Waals surface area (Å²) in [6.45, 7) is 0.397. The van der Waals surface area contributed by atoms with Gasteiger partial charge < -0.3 is 15.8 Å². The molecule has 0 aliphatic heterocycles. The molecule has 1 aliphatic rings. The minimum Gasteiger partial charge on any atom is -0.380 e. The number of nitrogens with one attached hydrogen (secondary N) is 1. The summed E-state index contributed by atoms with van der Waals surface area (Å²) in [5.41, 5.74) is 5.43. The van der Waals surface area contributed by atoms with Gasteiger partial charge in [-0.3, -0.25) is 4.79 Å². The molecule has 0 heterocycles. The van der Waals surface area contributed by atoms with Gasteiger partial charge in [0.1, 0.15) is 0 Å². The van der Waals surface area contributed by atoms with Crippen LogP contribution in [0.5, 0.6) is 0 Å². The van der Waals surface area contributed by atoms with Crippen molar-refractivity contribution in [3.63, 3.8) is 0 Å². The molecule has 0 saturated heterocycles. The summed E-state index contributed by atoms with van der Waals surface area (Å²) in [7, 11) is 1.58. The first-order valence-corrected chi connectivity index (χ1v) is 5.28. The Hall–Kier alpha value is -0.320. The van der Waals surface area contributed by atoms with E-state index in [4.69, 9.17) is 10.5 Å². The number of methoxy groups -OCH3 is 1. The zero-order valence-corrected chi connectivity index (χ0v) is 10.0. The van der Waals surface area contributed by atoms with Crippen molar-refractivity contribution in [1.29, 1.82) is 0 Å². The van der Waals surface area contributed by atoms with Gasteiger partial charge in [-0.05, 0) is 12.8 Å². The Kier molecular flexibility index (Phi) is 7.74. The van der Waals surface area contributed by atoms with E-state index >= 15 is 0 Å². The maximum absolute atomic E-state index is 11.5. The number of carbonyl (C=O) groups is 1. The highest BCUT2D eigenvalue weighted by atomic mass is 35.5. The third-order valence-corrected chi connectivity index (χ3v) is 2.73. The molecule has 3 N–H and O–H groups in total. The van der Waals surface area contributed by atoms with E-state index in [9.17, 15) is 4.79 Å². The Morgan fingerprint density at radius 1 is 1.53 bits per heavy atom. The first-order valence-electron chi connectivity index (χ1n) is 5.28. The quantitative estimate of drug-likeness (QED) is 0.743. The van der Waals surface area contributed by atoms with E-state index in [0.29, 0.717) is 19.0 Å². The number of rotatable bonds is 5. The maximum Gasteiger partial charge on any atom is 0.222 e. The molecule has 0 aromatic rings. The second kappa shape index (κ2) is 7.91. The van der Waals surface area contributed by atoms with E-state index in [1.165, 1.54) is 12.8 Å². The normalized spacial score (nSPS) is 18.3. The molecule has 1 aliphatic carbocycles. The lowest BCUT2D eigenvalue weighted by atomic mass is 10.2. The molecule has 1 fully saturated rings. The molecule has 5 heteroatoms. The average Bonchev–Trinajstić information content (AvgIpc) is 2.66. The summed E-state index contributed by atoms with van der Waals surface area (Å²) < 4.78 is 5.05. The molecule has 1 saturated carbocycles. The van der Waals surface area contributed by atoms with Gasteiger partial charge in [0.15, 0.2) is 0 Å². The lowest BCUT2D eigenvalue weighted by Gasteiger charge is -2.15. The van der Waals surface area contributed by atoms with Crippen LogP contribution in [0.2, 0.25) is 0 Å². The Bertz CT molecular complexity index is 174. The third-order valence-electron chi connectivity index (χ3n) is 2.73. The van der Waals surface area contributed by atoms with Gasteiger partial charge in [0.2, 0.25) is 5.91 Å². The van der Waals surface area contributed by atoms with Crippen molar-refractivity contribution in [3.8, 4) is 0 Å². The van der Waals surface area contributed by atoms with Crippen LogP contribution in [-0.2, 0) is 9.53 Å². The van der Waals surface area contributed by atoms with Gasteiger partial charge in [-0.15, -0.1) is 12.4 Å². The summed E-state index contributed by atoms with van der Waals surface area (Å²) >= 11 is 0. The molecular weight excluding hydrogens is 216 g/mol. The zero-order chi connectivity index (χ0) is 10.4. The number of hydrogen-bond donors (Lipinski definition) is 2. The highest BCUT2D eigenvalue weighted by Gasteiger charge is 2.18. The number of hydrogen-bond acceptors (Lipinski definition) is 3. The number of nitrogens with two attached hydrogens (primary N) is 1. The van der Waals surface area contributed by atoms with Crippen molar-refractivity contribution < 1.29 is 9.53 Å². The molecule has 1 amide bonds. The zero-order valence-electron chi connectivity index (χ0n) is 9.20. The largest absolute Gasteiger partial charge is 0.380 e. The highest BCUT2D eigenvalue weighted by Crippen LogP contribution is 2.17. The van der Waals surface area contributed by atoms with E-state index in [1.807, 2.05) is 0 Å². The fourth-order valence-electron chi connectivity index (χ4n) is 1.83. The van der Waals surface area contributed by atoms with Gasteiger partial charge in [-0.2, -0.15) is 0 Å². The first kappa shape index (κ1) is 14.7. The van der Waals surface area contributed by atoms with E-state index in [-0.39, 0.29) is 24.4 Å². The summed E-state index contributed by atoms with van der Waals surface area (Å²) in [5.74, 6) is 0.0641. The van der Waals surface area contributed by atoms with Crippen molar-refractivity contribution in [2.24, 2.45) is 5.73 Å². The van der Waals surface area contributed by atoms with E-state index in [2.05, 4.69) is 5.32 Å². The van der Waals surface area contributed by atoms with Crippen LogP contribution in [0.1, 0.15) is 32.1 Å². The minimum atomic E-state index is -0.142. The molecule has 15 heavy (non-hydrogen) atoms. The van der Waals surface area contributed by atoms with Crippen molar-refractivity contribution in [3.05, 3.63) is 0 Å². The average molecular weight is 237 g/mol. The molecule has 90 valence electrons. The predicted molar refractivity (Wildman–Crippen MR) is 62.1 cm³/mol. The molecule has 0 aromatic heterocycles. The fourth-order valence-corrected chi connectivity index (χ4v) is 1.83. The topological polar surface area (TPSA) is 64.3 Å². The van der Waals surface area contributed by atoms with E-state index in [0.717, 1.165) is 12.8 Å². The van der Waals surface area contributed by atoms with Crippen molar-refractivity contribution >= 4 is 18.3 Å².